The molecule has 9 heteroatoms. The number of rotatable bonds is 6. The van der Waals surface area contributed by atoms with Gasteiger partial charge in [-0.25, -0.2) is 22.3 Å². The molecule has 0 spiro atoms. The first-order chi connectivity index (χ1) is 12.8. The van der Waals surface area contributed by atoms with Gasteiger partial charge < -0.3 is 14.2 Å². The van der Waals surface area contributed by atoms with Gasteiger partial charge in [-0.3, -0.25) is 0 Å². The van der Waals surface area contributed by atoms with Gasteiger partial charge in [-0.2, -0.15) is 0 Å². The summed E-state index contributed by atoms with van der Waals surface area (Å²) in [5.41, 5.74) is 1.18. The molecule has 27 heavy (non-hydrogen) atoms. The Morgan fingerprint density at radius 3 is 2.67 bits per heavy atom. The van der Waals surface area contributed by atoms with Crippen LogP contribution in [-0.2, 0) is 14.8 Å². The van der Waals surface area contributed by atoms with Crippen molar-refractivity contribution in [3.8, 4) is 0 Å². The summed E-state index contributed by atoms with van der Waals surface area (Å²) >= 11 is 0. The highest BCUT2D eigenvalue weighted by Crippen LogP contribution is 2.31. The number of hydrogen-bond donors (Lipinski definition) is 1. The number of likely N-dealkylation sites (tertiary alicyclic amines) is 1. The molecule has 1 fully saturated rings. The van der Waals surface area contributed by atoms with Crippen LogP contribution in [0.4, 0.5) is 4.39 Å². The Bertz CT molecular complexity index is 933. The van der Waals surface area contributed by atoms with E-state index in [4.69, 9.17) is 4.74 Å². The molecule has 3 rings (SSSR count). The molecule has 148 valence electrons. The summed E-state index contributed by atoms with van der Waals surface area (Å²) in [6.07, 6.45) is 4.63. The highest BCUT2D eigenvalue weighted by molar-refractivity contribution is 7.88. The molecular weight excluding hydrogens is 373 g/mol. The van der Waals surface area contributed by atoms with E-state index in [2.05, 4.69) is 9.62 Å². The number of fused-ring (bicyclic) bond motifs is 1. The van der Waals surface area contributed by atoms with E-state index in [0.717, 1.165) is 37.7 Å². The van der Waals surface area contributed by atoms with Crippen molar-refractivity contribution in [1.29, 1.82) is 0 Å². The monoisotopic (exact) mass is 397 g/mol. The molecule has 0 unspecified atom stereocenters. The highest BCUT2D eigenvalue weighted by Gasteiger charge is 2.24. The number of hydrogen-bond acceptors (Lipinski definition) is 5. The first kappa shape index (κ1) is 19.8. The molecule has 0 saturated carbocycles. The van der Waals surface area contributed by atoms with Crippen molar-refractivity contribution in [1.82, 2.24) is 14.2 Å². The van der Waals surface area contributed by atoms with Crippen molar-refractivity contribution in [3.05, 3.63) is 35.8 Å². The van der Waals surface area contributed by atoms with Crippen LogP contribution in [0.15, 0.2) is 24.4 Å². The van der Waals surface area contributed by atoms with Gasteiger partial charge >= 0.3 is 5.97 Å². The van der Waals surface area contributed by atoms with Gasteiger partial charge in [0.1, 0.15) is 5.82 Å². The smallest absolute Gasteiger partial charge is 0.340 e. The summed E-state index contributed by atoms with van der Waals surface area (Å²) in [6.45, 7) is 2.70. The fourth-order valence-electron chi connectivity index (χ4n) is 3.61. The second-order valence-electron chi connectivity index (χ2n) is 6.84. The van der Waals surface area contributed by atoms with Gasteiger partial charge in [0, 0.05) is 49.3 Å². The van der Waals surface area contributed by atoms with Crippen LogP contribution in [0.3, 0.4) is 0 Å². The average molecular weight is 397 g/mol. The first-order valence-electron chi connectivity index (χ1n) is 8.84. The number of carbonyl (C=O) groups is 1. The lowest BCUT2D eigenvalue weighted by Gasteiger charge is -2.33. The number of nitrogens with zero attached hydrogens (tertiary/aromatic N) is 2. The summed E-state index contributed by atoms with van der Waals surface area (Å²) in [6, 6.07) is 4.64. The second kappa shape index (κ2) is 7.95. The van der Waals surface area contributed by atoms with Crippen molar-refractivity contribution in [2.45, 2.75) is 18.9 Å². The van der Waals surface area contributed by atoms with E-state index in [1.165, 1.54) is 19.2 Å². The molecule has 1 aromatic carbocycles. The van der Waals surface area contributed by atoms with Gasteiger partial charge in [0.05, 0.1) is 18.9 Å². The lowest BCUT2D eigenvalue weighted by molar-refractivity contribution is 0.0602. The molecule has 2 aromatic rings. The van der Waals surface area contributed by atoms with Crippen LogP contribution >= 0.6 is 0 Å². The van der Waals surface area contributed by atoms with Gasteiger partial charge in [0.2, 0.25) is 10.0 Å². The van der Waals surface area contributed by atoms with E-state index in [1.54, 1.807) is 12.3 Å². The molecule has 0 radical (unpaired) electrons. The molecule has 0 bridgehead atoms. The number of benzene rings is 1. The number of piperidine rings is 1. The molecule has 7 nitrogen and oxygen atoms in total. The molecule has 1 aromatic heterocycles. The molecule has 2 heterocycles. The van der Waals surface area contributed by atoms with E-state index in [0.29, 0.717) is 24.0 Å². The van der Waals surface area contributed by atoms with Crippen LogP contribution in [0.5, 0.6) is 0 Å². The summed E-state index contributed by atoms with van der Waals surface area (Å²) in [5, 5.41) is 0.557. The van der Waals surface area contributed by atoms with Crippen LogP contribution in [0, 0.1) is 5.82 Å². The van der Waals surface area contributed by atoms with Crippen molar-refractivity contribution < 1.29 is 22.3 Å². The van der Waals surface area contributed by atoms with Crippen molar-refractivity contribution in [3.63, 3.8) is 0 Å². The minimum absolute atomic E-state index is 0.190. The minimum atomic E-state index is -3.17. The molecule has 1 aliphatic rings. The first-order valence-corrected chi connectivity index (χ1v) is 10.7. The maximum atomic E-state index is 13.7. The number of carbonyl (C=O) groups excluding carboxylic acids is 1. The minimum Gasteiger partial charge on any atom is -0.465 e. The molecule has 0 aliphatic carbocycles. The lowest BCUT2D eigenvalue weighted by atomic mass is 10.0. The fourth-order valence-corrected chi connectivity index (χ4v) is 4.07. The van der Waals surface area contributed by atoms with Crippen LogP contribution in [0.1, 0.15) is 29.2 Å². The third kappa shape index (κ3) is 4.66. The Balaban J connectivity index is 1.73. The Labute approximate surface area is 158 Å². The van der Waals surface area contributed by atoms with Crippen LogP contribution in [-0.4, -0.2) is 63.4 Å². The maximum Gasteiger partial charge on any atom is 0.340 e. The van der Waals surface area contributed by atoms with E-state index in [9.17, 15) is 17.6 Å². The Morgan fingerprint density at radius 2 is 2.04 bits per heavy atom. The van der Waals surface area contributed by atoms with Gasteiger partial charge in [-0.05, 0) is 31.0 Å². The molecule has 1 aliphatic heterocycles. The molecule has 1 saturated heterocycles. The fraction of sp³-hybridized carbons (Fsp3) is 0.500. The Kier molecular flexibility index (Phi) is 5.83. The molecular formula is C18H24FN3O4S. The standard InChI is InChI=1S/C18H24FN3O4S/c1-26-18(23)16-12-22(17-4-3-13(19)11-15(16)17)14-5-8-21(9-6-14)10-7-20-27(2,24)25/h3-4,11-12,14,20H,5-10H2,1-2H3. The normalized spacial score (nSPS) is 16.7. The second-order valence-corrected chi connectivity index (χ2v) is 8.68. The van der Waals surface area contributed by atoms with Gasteiger partial charge in [0.15, 0.2) is 0 Å². The number of sulfonamides is 1. The Hall–Kier alpha value is -1.97. The molecule has 1 N–H and O–H groups in total. The predicted molar refractivity (Wildman–Crippen MR) is 101 cm³/mol. The summed E-state index contributed by atoms with van der Waals surface area (Å²) < 4.78 is 45.3. The average Bonchev–Trinajstić information content (AvgIpc) is 2.99. The van der Waals surface area contributed by atoms with E-state index < -0.39 is 21.8 Å². The van der Waals surface area contributed by atoms with E-state index >= 15 is 0 Å². The summed E-state index contributed by atoms with van der Waals surface area (Å²) in [7, 11) is -1.86. The number of nitrogens with one attached hydrogen (secondary N) is 1. The largest absolute Gasteiger partial charge is 0.465 e. The number of ether oxygens (including phenoxy) is 1. The maximum absolute atomic E-state index is 13.7. The topological polar surface area (TPSA) is 80.6 Å². The predicted octanol–water partition coefficient (Wildman–Crippen LogP) is 1.75. The van der Waals surface area contributed by atoms with Gasteiger partial charge in [-0.15, -0.1) is 0 Å². The zero-order valence-corrected chi connectivity index (χ0v) is 16.3. The van der Waals surface area contributed by atoms with Crippen molar-refractivity contribution in [2.75, 3.05) is 39.5 Å². The van der Waals surface area contributed by atoms with Crippen molar-refractivity contribution in [2.24, 2.45) is 0 Å². The van der Waals surface area contributed by atoms with E-state index in [1.807, 2.05) is 4.57 Å². The molecule has 0 amide bonds. The van der Waals surface area contributed by atoms with Crippen molar-refractivity contribution >= 4 is 26.9 Å². The highest BCUT2D eigenvalue weighted by atomic mass is 32.2. The van der Waals surface area contributed by atoms with Gasteiger partial charge in [-0.1, -0.05) is 0 Å². The van der Waals surface area contributed by atoms with Crippen LogP contribution in [0.2, 0.25) is 0 Å². The van der Waals surface area contributed by atoms with Crippen LogP contribution < -0.4 is 4.72 Å². The number of esters is 1. The van der Waals surface area contributed by atoms with Crippen LogP contribution in [0.25, 0.3) is 10.9 Å². The van der Waals surface area contributed by atoms with Gasteiger partial charge in [0.25, 0.3) is 0 Å². The lowest BCUT2D eigenvalue weighted by Crippen LogP contribution is -2.39. The third-order valence-electron chi connectivity index (χ3n) is 4.94. The zero-order valence-electron chi connectivity index (χ0n) is 15.4. The Morgan fingerprint density at radius 1 is 1.33 bits per heavy atom. The quantitative estimate of drug-likeness (QED) is 0.752. The number of halogens is 1. The van der Waals surface area contributed by atoms with E-state index in [-0.39, 0.29) is 6.04 Å². The summed E-state index contributed by atoms with van der Waals surface area (Å²) in [4.78, 5) is 14.3. The SMILES string of the molecule is COC(=O)c1cn(C2CCN(CCNS(C)(=O)=O)CC2)c2ccc(F)cc12. The number of aromatic nitrogens is 1. The number of methoxy groups -OCH3 is 1. The third-order valence-corrected chi connectivity index (χ3v) is 5.67. The molecule has 0 atom stereocenters. The summed E-state index contributed by atoms with van der Waals surface area (Å²) in [5.74, 6) is -0.868. The zero-order chi connectivity index (χ0) is 19.6.